The fraction of sp³-hybridized carbons (Fsp3) is 0. The Labute approximate surface area is 36.2 Å². The van der Waals surface area contributed by atoms with Crippen molar-refractivity contribution in [2.75, 3.05) is 0 Å². The van der Waals surface area contributed by atoms with E-state index >= 15 is 0 Å². The van der Waals surface area contributed by atoms with E-state index in [9.17, 15) is 0 Å². The third-order valence-electron chi connectivity index (χ3n) is 0. The molecule has 0 radical (unpaired) electrons. The van der Waals surface area contributed by atoms with Crippen LogP contribution in [0.5, 0.6) is 0 Å². The van der Waals surface area contributed by atoms with Gasteiger partial charge in [0.15, 0.2) is 0 Å². The zero-order valence-electron chi connectivity index (χ0n) is 3.08. The van der Waals surface area contributed by atoms with Gasteiger partial charge in [0.1, 0.15) is 0 Å². The molecule has 0 aliphatic heterocycles. The Hall–Kier alpha value is -0.0956. The van der Waals surface area contributed by atoms with Gasteiger partial charge in [-0.1, -0.05) is 0 Å². The minimum atomic E-state index is -5.88. The normalized spacial score (nSPS) is 6.83. The molecule has 0 aliphatic carbocycles. The van der Waals surface area contributed by atoms with Crippen LogP contribution in [-0.2, 0) is 25.2 Å². The van der Waals surface area contributed by atoms with Gasteiger partial charge < -0.3 is 6.15 Å². The number of hydrogen-bond acceptors (Lipinski definition) is 4. The van der Waals surface area contributed by atoms with E-state index < -0.39 is 14.2 Å². The Balaban J connectivity index is 0. The fourth-order valence-electron chi connectivity index (χ4n) is 0. The Kier molecular flexibility index (Phi) is 3.33. The first kappa shape index (κ1) is 9.32. The maximum atomic E-state index is 8.61. The van der Waals surface area contributed by atoms with Crippen LogP contribution in [0.3, 0.4) is 0 Å². The van der Waals surface area contributed by atoms with Crippen molar-refractivity contribution >= 4 is 0 Å². The van der Waals surface area contributed by atoms with Crippen molar-refractivity contribution in [3.05, 3.63) is 0 Å². The van der Waals surface area contributed by atoms with E-state index in [1.54, 1.807) is 0 Å². The molecule has 0 atom stereocenters. The molecule has 0 aromatic rings. The summed E-state index contributed by atoms with van der Waals surface area (Å²) in [6.45, 7) is 0. The molecule has 0 fully saturated rings. The molecule has 38 valence electrons. The summed E-state index contributed by atoms with van der Waals surface area (Å²) in [7, 11) is 0. The molecule has 0 rings (SSSR count). The van der Waals surface area contributed by atoms with Crippen LogP contribution in [0.1, 0.15) is 0 Å². The summed E-state index contributed by atoms with van der Waals surface area (Å²) in [5.41, 5.74) is 0. The number of quaternary nitrogens is 1. The van der Waals surface area contributed by atoms with Gasteiger partial charge in [-0.15, -0.1) is 0 Å². The summed E-state index contributed by atoms with van der Waals surface area (Å²) in [6, 6.07) is 0. The van der Waals surface area contributed by atoms with Gasteiger partial charge in [-0.05, 0) is 0 Å². The molecule has 0 aromatic carbocycles. The molecular weight excluding hydrogens is 129 g/mol. The third-order valence-corrected chi connectivity index (χ3v) is 0. The van der Waals surface area contributed by atoms with Crippen LogP contribution in [0.4, 0.5) is 0 Å². The fourth-order valence-corrected chi connectivity index (χ4v) is 0. The Morgan fingerprint density at radius 1 is 1.17 bits per heavy atom. The summed E-state index contributed by atoms with van der Waals surface area (Å²) in [5, 5.41) is 0. The second-order valence-corrected chi connectivity index (χ2v) is 1.84. The van der Waals surface area contributed by atoms with Gasteiger partial charge in [0.25, 0.3) is 0 Å². The van der Waals surface area contributed by atoms with Crippen LogP contribution in [0, 0.1) is 0 Å². The molecule has 0 heterocycles. The molecule has 0 saturated heterocycles. The van der Waals surface area contributed by atoms with Crippen LogP contribution < -0.4 is 10.2 Å². The van der Waals surface area contributed by atoms with E-state index in [1.807, 2.05) is 0 Å². The van der Waals surface area contributed by atoms with Gasteiger partial charge >= 0.3 is 29.3 Å². The van der Waals surface area contributed by atoms with E-state index in [-0.39, 0.29) is 6.15 Å². The van der Waals surface area contributed by atoms with Crippen molar-refractivity contribution in [1.82, 2.24) is 6.15 Å². The van der Waals surface area contributed by atoms with Gasteiger partial charge in [0.2, 0.25) is 0 Å². The van der Waals surface area contributed by atoms with Crippen LogP contribution >= 0.6 is 0 Å². The number of hydrogen-bond donors (Lipinski definition) is 1. The summed E-state index contributed by atoms with van der Waals surface area (Å²) in [6.07, 6.45) is 0. The second-order valence-electron chi connectivity index (χ2n) is 0.447. The van der Waals surface area contributed by atoms with Gasteiger partial charge in [0.05, 0.1) is 0 Å². The molecule has 0 saturated carbocycles. The molecular formula is H4NO4V. The predicted molar refractivity (Wildman–Crippen MR) is 8.04 cm³/mol. The maximum absolute atomic E-state index is 8.61. The molecule has 0 amide bonds. The van der Waals surface area contributed by atoms with Crippen molar-refractivity contribution in [1.29, 1.82) is 0 Å². The van der Waals surface area contributed by atoms with Gasteiger partial charge in [-0.2, -0.15) is 0 Å². The van der Waals surface area contributed by atoms with Crippen molar-refractivity contribution < 1.29 is 29.3 Å². The van der Waals surface area contributed by atoms with E-state index in [0.29, 0.717) is 0 Å². The average molecular weight is 133 g/mol. The Bertz CT molecular complexity index is 129. The summed E-state index contributed by atoms with van der Waals surface area (Å²) in [5.74, 6) is 0. The average Bonchev–Trinajstić information content (AvgIpc) is 0.722. The predicted octanol–water partition coefficient (Wildman–Crippen LogP) is -1.17. The molecule has 4 N–H and O–H groups in total. The molecule has 6 heavy (non-hydrogen) atoms. The monoisotopic (exact) mass is 133 g/mol. The quantitative estimate of drug-likeness (QED) is 0.448. The van der Waals surface area contributed by atoms with Gasteiger partial charge in [0, 0.05) is 0 Å². The molecule has 0 aliphatic rings. The Morgan fingerprint density at radius 2 is 1.17 bits per heavy atom. The minimum absolute atomic E-state index is 0. The van der Waals surface area contributed by atoms with Crippen LogP contribution in [0.15, 0.2) is 0 Å². The van der Waals surface area contributed by atoms with Gasteiger partial charge in [-0.3, -0.25) is 0 Å². The second kappa shape index (κ2) is 2.14. The third kappa shape index (κ3) is 3600. The summed E-state index contributed by atoms with van der Waals surface area (Å²) in [4.78, 5) is 0. The molecule has 6 heteroatoms. The molecule has 5 nitrogen and oxygen atoms in total. The van der Waals surface area contributed by atoms with E-state index in [0.717, 1.165) is 0 Å². The van der Waals surface area contributed by atoms with Crippen LogP contribution in [-0.4, -0.2) is 0 Å². The molecule has 0 unspecified atom stereocenters. The van der Waals surface area contributed by atoms with E-state index in [2.05, 4.69) is 0 Å². The first-order valence-electron chi connectivity index (χ1n) is 0.730. The topological polar surface area (TPSA) is 111 Å². The van der Waals surface area contributed by atoms with Crippen LogP contribution in [0.25, 0.3) is 0 Å². The molecule has 0 spiro atoms. The van der Waals surface area contributed by atoms with E-state index in [4.69, 9.17) is 15.1 Å². The summed E-state index contributed by atoms with van der Waals surface area (Å²) >= 11 is -5.88. The first-order chi connectivity index (χ1) is 2.00. The zero-order valence-corrected chi connectivity index (χ0v) is 4.48. The standard InChI is InChI=1S/H3N.4O.V/h1H3;;;;;/q;;;;-1;/p+1. The van der Waals surface area contributed by atoms with Crippen LogP contribution in [0.2, 0.25) is 0 Å². The molecule has 0 bridgehead atoms. The van der Waals surface area contributed by atoms with Crippen molar-refractivity contribution in [3.8, 4) is 0 Å². The molecule has 0 aromatic heterocycles. The number of rotatable bonds is 0. The van der Waals surface area contributed by atoms with E-state index in [1.165, 1.54) is 0 Å². The first-order valence-corrected chi connectivity index (χ1v) is 3.01. The zero-order chi connectivity index (χ0) is 4.50. The Morgan fingerprint density at radius 3 is 1.17 bits per heavy atom. The SMILES string of the molecule is [NH4+].[O]=[V](=[O])(=[O])[O-]. The van der Waals surface area contributed by atoms with Crippen molar-refractivity contribution in [3.63, 3.8) is 0 Å². The van der Waals surface area contributed by atoms with Crippen molar-refractivity contribution in [2.24, 2.45) is 0 Å². The summed E-state index contributed by atoms with van der Waals surface area (Å²) < 4.78 is 34.4. The van der Waals surface area contributed by atoms with Crippen molar-refractivity contribution in [2.45, 2.75) is 0 Å². The van der Waals surface area contributed by atoms with Gasteiger partial charge in [-0.25, -0.2) is 0 Å².